The Morgan fingerprint density at radius 1 is 0.641 bits per heavy atom. The van der Waals surface area contributed by atoms with E-state index in [1.165, 1.54) is 0 Å². The highest BCUT2D eigenvalue weighted by atomic mass is 32.2. The predicted molar refractivity (Wildman–Crippen MR) is 168 cm³/mol. The van der Waals surface area contributed by atoms with Gasteiger partial charge in [-0.3, -0.25) is 14.4 Å². The molecule has 4 nitrogen and oxygen atoms in total. The molecule has 0 unspecified atom stereocenters. The molecule has 0 saturated carbocycles. The largest absolute Gasteiger partial charge is 0.349 e. The van der Waals surface area contributed by atoms with E-state index in [4.69, 9.17) is 0 Å². The third-order valence-corrected chi connectivity index (χ3v) is 11.2. The second-order valence-corrected chi connectivity index (χ2v) is 18.9. The average molecular weight is 572 g/mol. The number of hydrogen-bond donors (Lipinski definition) is 0. The van der Waals surface area contributed by atoms with Crippen molar-refractivity contribution in [2.45, 2.75) is 104 Å². The first-order valence-corrected chi connectivity index (χ1v) is 15.7. The van der Waals surface area contributed by atoms with Crippen molar-refractivity contribution in [3.05, 3.63) is 46.6 Å². The molecule has 0 aromatic heterocycles. The van der Waals surface area contributed by atoms with E-state index in [-0.39, 0.29) is 43.7 Å². The molecule has 1 amide bonds. The maximum atomic E-state index is 14.0. The van der Waals surface area contributed by atoms with E-state index in [1.807, 2.05) is 0 Å². The topological polar surface area (TPSA) is 54.5 Å². The van der Waals surface area contributed by atoms with E-state index in [9.17, 15) is 14.4 Å². The van der Waals surface area contributed by atoms with Crippen LogP contribution in [0.3, 0.4) is 0 Å². The van der Waals surface area contributed by atoms with Crippen LogP contribution in [0.4, 0.5) is 0 Å². The molecule has 6 heteroatoms. The molecular weight excluding hydrogens is 523 g/mol. The van der Waals surface area contributed by atoms with Crippen LogP contribution in [-0.4, -0.2) is 50.5 Å². The Morgan fingerprint density at radius 2 is 0.897 bits per heavy atom. The number of rotatable bonds is 2. The molecule has 2 spiro atoms. The van der Waals surface area contributed by atoms with Crippen LogP contribution in [0.15, 0.2) is 46.6 Å². The van der Waals surface area contributed by atoms with Crippen LogP contribution >= 0.6 is 23.5 Å². The summed E-state index contributed by atoms with van der Waals surface area (Å²) in [6.07, 6.45) is 9.12. The summed E-state index contributed by atoms with van der Waals surface area (Å²) in [7, 11) is 3.59. The number of nitrogens with zero attached hydrogens (tertiary/aromatic N) is 1. The molecule has 39 heavy (non-hydrogen) atoms. The predicted octanol–water partition coefficient (Wildman–Crippen LogP) is 7.80. The van der Waals surface area contributed by atoms with Crippen LogP contribution in [0.1, 0.15) is 89.5 Å². The lowest BCUT2D eigenvalue weighted by Gasteiger charge is -2.46. The molecule has 1 heterocycles. The Morgan fingerprint density at radius 3 is 1.10 bits per heavy atom. The van der Waals surface area contributed by atoms with Crippen molar-refractivity contribution >= 4 is 41.0 Å². The highest BCUT2D eigenvalue weighted by Crippen LogP contribution is 2.66. The molecular formula is C33H49NO3S2. The van der Waals surface area contributed by atoms with Gasteiger partial charge < -0.3 is 4.90 Å². The van der Waals surface area contributed by atoms with Crippen LogP contribution in [0.2, 0.25) is 0 Å². The van der Waals surface area contributed by atoms with Crippen LogP contribution in [0.25, 0.3) is 0 Å². The fourth-order valence-electron chi connectivity index (χ4n) is 5.36. The first-order chi connectivity index (χ1) is 17.3. The molecule has 2 aliphatic carbocycles. The number of carbonyl (C=O) groups excluding carboxylic acids is 3. The van der Waals surface area contributed by atoms with Gasteiger partial charge in [0.15, 0.2) is 11.6 Å². The quantitative estimate of drug-likeness (QED) is 0.338. The monoisotopic (exact) mass is 571 g/mol. The first-order valence-electron chi connectivity index (χ1n) is 13.9. The molecule has 1 fully saturated rings. The van der Waals surface area contributed by atoms with Crippen LogP contribution in [0, 0.1) is 21.7 Å². The van der Waals surface area contributed by atoms with Gasteiger partial charge in [-0.25, -0.2) is 0 Å². The van der Waals surface area contributed by atoms with Gasteiger partial charge in [-0.05, 0) is 21.7 Å². The first kappa shape index (κ1) is 32.0. The minimum absolute atomic E-state index is 0.0498. The summed E-state index contributed by atoms with van der Waals surface area (Å²) in [5.74, 6) is 0.272. The lowest BCUT2D eigenvalue weighted by molar-refractivity contribution is -0.128. The number of ketones is 2. The standard InChI is InChI=1S/C33H49NO3S2/c1-28(2,3)20-16-32(17-21(26(20)36)29(4,5)6)33(39-25(38-32)15-24(35)34(13)14)18-22(30(7,8)9)27(37)23(19-33)31(10,11)12/h16-19,25H,15H2,1-14H3. The Hall–Kier alpha value is -1.53. The highest BCUT2D eigenvalue weighted by Gasteiger charge is 2.61. The van der Waals surface area contributed by atoms with Crippen molar-refractivity contribution in [2.24, 2.45) is 21.7 Å². The zero-order valence-electron chi connectivity index (χ0n) is 26.6. The van der Waals surface area contributed by atoms with E-state index in [0.717, 1.165) is 22.3 Å². The molecule has 0 atom stereocenters. The third kappa shape index (κ3) is 5.93. The number of thioether (sulfide) groups is 2. The van der Waals surface area contributed by atoms with E-state index in [2.05, 4.69) is 107 Å². The summed E-state index contributed by atoms with van der Waals surface area (Å²) in [4.78, 5) is 42.6. The zero-order valence-corrected chi connectivity index (χ0v) is 28.2. The summed E-state index contributed by atoms with van der Waals surface area (Å²) in [6.45, 7) is 25.2. The molecule has 1 saturated heterocycles. The third-order valence-electron chi connectivity index (χ3n) is 7.75. The Bertz CT molecular complexity index is 1050. The molecule has 3 rings (SSSR count). The van der Waals surface area contributed by atoms with Crippen LogP contribution < -0.4 is 0 Å². The highest BCUT2D eigenvalue weighted by molar-refractivity contribution is 8.22. The smallest absolute Gasteiger partial charge is 0.224 e. The second-order valence-electron chi connectivity index (χ2n) is 15.6. The van der Waals surface area contributed by atoms with Crippen molar-refractivity contribution in [1.29, 1.82) is 0 Å². The van der Waals surface area contributed by atoms with Gasteiger partial charge >= 0.3 is 0 Å². The molecule has 216 valence electrons. The summed E-state index contributed by atoms with van der Waals surface area (Å²) in [6, 6.07) is 0. The maximum Gasteiger partial charge on any atom is 0.224 e. The minimum atomic E-state index is -0.637. The summed E-state index contributed by atoms with van der Waals surface area (Å²) in [5.41, 5.74) is 1.75. The number of allylic oxidation sites excluding steroid dienone is 4. The van der Waals surface area contributed by atoms with Gasteiger partial charge in [-0.15, -0.1) is 23.5 Å². The summed E-state index contributed by atoms with van der Waals surface area (Å²) >= 11 is 3.53. The summed E-state index contributed by atoms with van der Waals surface area (Å²) < 4.78 is -1.32. The van der Waals surface area contributed by atoms with Gasteiger partial charge in [0.2, 0.25) is 5.91 Å². The fraction of sp³-hybridized carbons (Fsp3) is 0.667. The summed E-state index contributed by atoms with van der Waals surface area (Å²) in [5, 5.41) is 0. The molecule has 0 N–H and O–H groups in total. The molecule has 0 radical (unpaired) electrons. The molecule has 0 aromatic carbocycles. The van der Waals surface area contributed by atoms with Crippen molar-refractivity contribution in [2.75, 3.05) is 14.1 Å². The number of fused-ring (bicyclic) bond motifs is 1. The van der Waals surface area contributed by atoms with Crippen molar-refractivity contribution < 1.29 is 14.4 Å². The zero-order chi connectivity index (χ0) is 30.1. The number of hydrogen-bond acceptors (Lipinski definition) is 5. The molecule has 3 aliphatic rings. The van der Waals surface area contributed by atoms with E-state index < -0.39 is 9.49 Å². The van der Waals surface area contributed by atoms with Gasteiger partial charge in [-0.1, -0.05) is 107 Å². The van der Waals surface area contributed by atoms with Crippen molar-refractivity contribution in [1.82, 2.24) is 4.90 Å². The van der Waals surface area contributed by atoms with Gasteiger partial charge in [-0.2, -0.15) is 0 Å². The average Bonchev–Trinajstić information content (AvgIpc) is 2.99. The Balaban J connectivity index is 2.47. The minimum Gasteiger partial charge on any atom is -0.349 e. The lowest BCUT2D eigenvalue weighted by atomic mass is 9.65. The van der Waals surface area contributed by atoms with Crippen LogP contribution in [0.5, 0.6) is 0 Å². The van der Waals surface area contributed by atoms with Crippen molar-refractivity contribution in [3.8, 4) is 0 Å². The Labute approximate surface area is 245 Å². The van der Waals surface area contributed by atoms with Gasteiger partial charge in [0.05, 0.1) is 14.1 Å². The maximum absolute atomic E-state index is 14.0. The molecule has 0 bridgehead atoms. The number of amides is 1. The fourth-order valence-corrected chi connectivity index (χ4v) is 9.47. The van der Waals surface area contributed by atoms with E-state index in [0.29, 0.717) is 6.42 Å². The Kier molecular flexibility index (Phi) is 8.03. The van der Waals surface area contributed by atoms with E-state index in [1.54, 1.807) is 42.5 Å². The SMILES string of the molecule is CN(C)C(=O)CC1SC2(C=C(C(C)(C)C)C(=O)C(C(C)(C)C)=C2)C2(C=C(C(C)(C)C)C(=O)C(C(C)(C)C)=C2)S1. The van der Waals surface area contributed by atoms with Gasteiger partial charge in [0.1, 0.15) is 0 Å². The molecule has 1 aliphatic heterocycles. The van der Waals surface area contributed by atoms with Crippen LogP contribution in [-0.2, 0) is 14.4 Å². The normalized spacial score (nSPS) is 22.1. The van der Waals surface area contributed by atoms with Crippen molar-refractivity contribution in [3.63, 3.8) is 0 Å². The lowest BCUT2D eigenvalue weighted by Crippen LogP contribution is -2.48. The number of carbonyl (C=O) groups is 3. The second kappa shape index (κ2) is 9.79. The van der Waals surface area contributed by atoms with Gasteiger partial charge in [0, 0.05) is 42.8 Å². The molecule has 0 aromatic rings. The number of Topliss-reactive ketones (excluding diaryl/α,β-unsaturated/α-hetero) is 2. The van der Waals surface area contributed by atoms with E-state index >= 15 is 0 Å². The van der Waals surface area contributed by atoms with Gasteiger partial charge in [0.25, 0.3) is 0 Å².